The first-order valence-corrected chi connectivity index (χ1v) is 7.43. The lowest BCUT2D eigenvalue weighted by Crippen LogP contribution is -2.06. The maximum Gasteiger partial charge on any atom is 0.337 e. The molecule has 0 aliphatic heterocycles. The van der Waals surface area contributed by atoms with Crippen molar-refractivity contribution >= 4 is 23.0 Å². The highest BCUT2D eigenvalue weighted by Gasteiger charge is 2.14. The number of aromatic carboxylic acids is 1. The van der Waals surface area contributed by atoms with E-state index in [-0.39, 0.29) is 11.1 Å². The van der Waals surface area contributed by atoms with Crippen LogP contribution in [-0.2, 0) is 0 Å². The van der Waals surface area contributed by atoms with Crippen LogP contribution in [-0.4, -0.2) is 11.1 Å². The largest absolute Gasteiger partial charge is 0.478 e. The van der Waals surface area contributed by atoms with Crippen LogP contribution in [0.1, 0.15) is 21.5 Å². The summed E-state index contributed by atoms with van der Waals surface area (Å²) in [5.41, 5.74) is 3.60. The Morgan fingerprint density at radius 2 is 1.76 bits per heavy atom. The Morgan fingerprint density at radius 1 is 1.12 bits per heavy atom. The topological polar surface area (TPSA) is 109 Å². The first-order valence-electron chi connectivity index (χ1n) is 7.43. The number of carboxylic acids is 1. The molecule has 2 aromatic rings. The van der Waals surface area contributed by atoms with Crippen molar-refractivity contribution < 1.29 is 9.90 Å². The summed E-state index contributed by atoms with van der Waals surface area (Å²) in [6, 6.07) is 14.1. The van der Waals surface area contributed by atoms with Gasteiger partial charge in [0.1, 0.15) is 17.7 Å². The van der Waals surface area contributed by atoms with E-state index in [9.17, 15) is 9.90 Å². The fourth-order valence-corrected chi connectivity index (χ4v) is 2.42. The second-order valence-electron chi connectivity index (χ2n) is 5.46. The summed E-state index contributed by atoms with van der Waals surface area (Å²) in [6.07, 6.45) is 1.24. The van der Waals surface area contributed by atoms with Crippen molar-refractivity contribution in [2.45, 2.75) is 13.8 Å². The highest BCUT2D eigenvalue weighted by molar-refractivity contribution is 5.99. The van der Waals surface area contributed by atoms with Crippen molar-refractivity contribution in [3.05, 3.63) is 64.9 Å². The number of nitrogens with one attached hydrogen (secondary N) is 2. The van der Waals surface area contributed by atoms with Crippen molar-refractivity contribution in [3.63, 3.8) is 0 Å². The Labute approximate surface area is 145 Å². The second-order valence-corrected chi connectivity index (χ2v) is 5.46. The van der Waals surface area contributed by atoms with Gasteiger partial charge in [0.15, 0.2) is 0 Å². The molecule has 124 valence electrons. The highest BCUT2D eigenvalue weighted by atomic mass is 16.4. The molecule has 0 fully saturated rings. The zero-order valence-corrected chi connectivity index (χ0v) is 13.8. The minimum Gasteiger partial charge on any atom is -0.478 e. The van der Waals surface area contributed by atoms with Gasteiger partial charge in [0.25, 0.3) is 0 Å². The molecule has 25 heavy (non-hydrogen) atoms. The van der Waals surface area contributed by atoms with Gasteiger partial charge in [0, 0.05) is 11.9 Å². The molecule has 0 bridgehead atoms. The molecule has 2 aromatic carbocycles. The summed E-state index contributed by atoms with van der Waals surface area (Å²) >= 11 is 0. The Balaban J connectivity index is 2.50. The molecule has 0 radical (unpaired) electrons. The average molecular weight is 332 g/mol. The van der Waals surface area contributed by atoms with Gasteiger partial charge < -0.3 is 15.7 Å². The standard InChI is InChI=1S/C19H16N4O2/c1-12-6-13(2)8-15(7-12)23-18-16(19(24)25)4-3-5-17(18)22-11-14(9-20)10-21/h3-8,11,22-23H,1-2H3,(H,24,25). The van der Waals surface area contributed by atoms with Crippen LogP contribution in [0.4, 0.5) is 17.1 Å². The van der Waals surface area contributed by atoms with Crippen molar-refractivity contribution in [2.24, 2.45) is 0 Å². The SMILES string of the molecule is Cc1cc(C)cc(Nc2c(NC=C(C#N)C#N)cccc2C(=O)O)c1. The van der Waals surface area contributed by atoms with E-state index >= 15 is 0 Å². The number of benzene rings is 2. The van der Waals surface area contributed by atoms with E-state index in [1.54, 1.807) is 24.3 Å². The lowest BCUT2D eigenvalue weighted by Gasteiger charge is -2.15. The van der Waals surface area contributed by atoms with Crippen LogP contribution in [0.2, 0.25) is 0 Å². The molecule has 0 aliphatic rings. The normalized spacial score (nSPS) is 9.44. The van der Waals surface area contributed by atoms with Crippen LogP contribution in [0, 0.1) is 36.5 Å². The third-order valence-electron chi connectivity index (χ3n) is 3.40. The van der Waals surface area contributed by atoms with Crippen molar-refractivity contribution in [1.29, 1.82) is 10.5 Å². The van der Waals surface area contributed by atoms with Gasteiger partial charge in [-0.25, -0.2) is 4.79 Å². The number of nitrogens with zero attached hydrogens (tertiary/aromatic N) is 2. The van der Waals surface area contributed by atoms with Crippen molar-refractivity contribution in [3.8, 4) is 12.1 Å². The molecule has 6 nitrogen and oxygen atoms in total. The summed E-state index contributed by atoms with van der Waals surface area (Å²) in [6.45, 7) is 3.91. The van der Waals surface area contributed by atoms with Crippen LogP contribution in [0.15, 0.2) is 48.2 Å². The van der Waals surface area contributed by atoms with Crippen LogP contribution in [0.25, 0.3) is 0 Å². The molecule has 0 heterocycles. The van der Waals surface area contributed by atoms with E-state index in [1.807, 2.05) is 32.0 Å². The number of allylic oxidation sites excluding steroid dienone is 1. The molecule has 0 saturated carbocycles. The number of nitriles is 2. The van der Waals surface area contributed by atoms with E-state index in [0.717, 1.165) is 16.8 Å². The second kappa shape index (κ2) is 7.67. The van der Waals surface area contributed by atoms with Gasteiger partial charge in [0.2, 0.25) is 0 Å². The highest BCUT2D eigenvalue weighted by Crippen LogP contribution is 2.30. The van der Waals surface area contributed by atoms with Gasteiger partial charge >= 0.3 is 5.97 Å². The Bertz CT molecular complexity index is 897. The number of carbonyl (C=O) groups is 1. The quantitative estimate of drug-likeness (QED) is 0.712. The predicted molar refractivity (Wildman–Crippen MR) is 95.5 cm³/mol. The fourth-order valence-electron chi connectivity index (χ4n) is 2.42. The maximum absolute atomic E-state index is 11.6. The zero-order chi connectivity index (χ0) is 18.4. The van der Waals surface area contributed by atoms with E-state index in [4.69, 9.17) is 10.5 Å². The minimum atomic E-state index is -1.08. The first kappa shape index (κ1) is 17.6. The van der Waals surface area contributed by atoms with Crippen molar-refractivity contribution in [1.82, 2.24) is 0 Å². The Morgan fingerprint density at radius 3 is 2.32 bits per heavy atom. The zero-order valence-electron chi connectivity index (χ0n) is 13.8. The molecule has 0 saturated heterocycles. The van der Waals surface area contributed by atoms with Gasteiger partial charge in [-0.05, 0) is 49.2 Å². The molecule has 0 aliphatic carbocycles. The first-order chi connectivity index (χ1) is 11.9. The monoisotopic (exact) mass is 332 g/mol. The van der Waals surface area contributed by atoms with E-state index < -0.39 is 5.97 Å². The molecule has 0 aromatic heterocycles. The molecule has 0 unspecified atom stereocenters. The molecule has 0 amide bonds. The lowest BCUT2D eigenvalue weighted by molar-refractivity contribution is 0.0698. The number of hydrogen-bond donors (Lipinski definition) is 3. The summed E-state index contributed by atoms with van der Waals surface area (Å²) in [4.78, 5) is 11.6. The molecule has 0 atom stereocenters. The number of anilines is 3. The van der Waals surface area contributed by atoms with Crippen molar-refractivity contribution in [2.75, 3.05) is 10.6 Å². The van der Waals surface area contributed by atoms with Gasteiger partial charge in [-0.1, -0.05) is 12.1 Å². The minimum absolute atomic E-state index is 0.0769. The number of rotatable bonds is 5. The van der Waals surface area contributed by atoms with Gasteiger partial charge in [-0.2, -0.15) is 10.5 Å². The molecule has 0 spiro atoms. The average Bonchev–Trinajstić information content (AvgIpc) is 2.55. The molecular formula is C19H16N4O2. The fraction of sp³-hybridized carbons (Fsp3) is 0.105. The molecule has 6 heteroatoms. The van der Waals surface area contributed by atoms with E-state index in [1.165, 1.54) is 12.3 Å². The van der Waals surface area contributed by atoms with Gasteiger partial charge in [-0.15, -0.1) is 0 Å². The van der Waals surface area contributed by atoms with E-state index in [2.05, 4.69) is 10.6 Å². The number of aryl methyl sites for hydroxylation is 2. The summed E-state index contributed by atoms with van der Waals surface area (Å²) in [5, 5.41) is 33.1. The Hall–Kier alpha value is -3.77. The molecule has 3 N–H and O–H groups in total. The van der Waals surface area contributed by atoms with Crippen LogP contribution < -0.4 is 10.6 Å². The summed E-state index contributed by atoms with van der Waals surface area (Å²) in [7, 11) is 0. The Kier molecular flexibility index (Phi) is 5.39. The number of hydrogen-bond acceptors (Lipinski definition) is 5. The number of carboxylic acid groups (broad SMARTS) is 1. The third kappa shape index (κ3) is 4.37. The van der Waals surface area contributed by atoms with Gasteiger partial charge in [0.05, 0.1) is 16.9 Å². The smallest absolute Gasteiger partial charge is 0.337 e. The molecular weight excluding hydrogens is 316 g/mol. The summed E-state index contributed by atoms with van der Waals surface area (Å²) in [5.74, 6) is -1.08. The summed E-state index contributed by atoms with van der Waals surface area (Å²) < 4.78 is 0. The van der Waals surface area contributed by atoms with Crippen LogP contribution >= 0.6 is 0 Å². The molecule has 2 rings (SSSR count). The van der Waals surface area contributed by atoms with E-state index in [0.29, 0.717) is 11.4 Å². The lowest BCUT2D eigenvalue weighted by atomic mass is 10.1. The predicted octanol–water partition coefficient (Wildman–Crippen LogP) is 4.09. The van der Waals surface area contributed by atoms with Crippen LogP contribution in [0.3, 0.4) is 0 Å². The van der Waals surface area contributed by atoms with Gasteiger partial charge in [-0.3, -0.25) is 0 Å². The number of para-hydroxylation sites is 1. The third-order valence-corrected chi connectivity index (χ3v) is 3.40. The maximum atomic E-state index is 11.6. The van der Waals surface area contributed by atoms with Crippen LogP contribution in [0.5, 0.6) is 0 Å².